The van der Waals surface area contributed by atoms with Crippen molar-refractivity contribution < 1.29 is 4.74 Å². The molecule has 0 bridgehead atoms. The van der Waals surface area contributed by atoms with Crippen molar-refractivity contribution in [1.82, 2.24) is 5.32 Å². The minimum absolute atomic E-state index is 0.554. The summed E-state index contributed by atoms with van der Waals surface area (Å²) in [5.41, 5.74) is 2.98. The molecule has 0 aliphatic heterocycles. The lowest BCUT2D eigenvalue weighted by atomic mass is 9.94. The van der Waals surface area contributed by atoms with Gasteiger partial charge in [0.05, 0.1) is 7.11 Å². The van der Waals surface area contributed by atoms with Crippen molar-refractivity contribution >= 4 is 0 Å². The number of hydrogen-bond acceptors (Lipinski definition) is 2. The smallest absolute Gasteiger partial charge is 0.119 e. The molecule has 0 radical (unpaired) electrons. The number of rotatable bonds is 3. The number of ether oxygens (including phenoxy) is 1. The molecular formula is C16H23NO. The number of nitrogens with one attached hydrogen (secondary N) is 1. The first-order chi connectivity index (χ1) is 8.86. The zero-order valence-electron chi connectivity index (χ0n) is 11.2. The highest BCUT2D eigenvalue weighted by molar-refractivity contribution is 5.40. The van der Waals surface area contributed by atoms with Crippen LogP contribution in [0, 0.1) is 0 Å². The summed E-state index contributed by atoms with van der Waals surface area (Å²) in [5.74, 6) is 0.992. The Morgan fingerprint density at radius 1 is 1.11 bits per heavy atom. The highest BCUT2D eigenvalue weighted by atomic mass is 16.5. The fourth-order valence-electron chi connectivity index (χ4n) is 3.43. The minimum Gasteiger partial charge on any atom is -0.497 e. The van der Waals surface area contributed by atoms with Gasteiger partial charge in [-0.1, -0.05) is 25.3 Å². The summed E-state index contributed by atoms with van der Waals surface area (Å²) in [7, 11) is 1.75. The van der Waals surface area contributed by atoms with Crippen molar-refractivity contribution in [3.8, 4) is 5.75 Å². The maximum Gasteiger partial charge on any atom is 0.119 e. The molecule has 2 nitrogen and oxygen atoms in total. The molecule has 0 amide bonds. The predicted molar refractivity (Wildman–Crippen MR) is 74.1 cm³/mol. The largest absolute Gasteiger partial charge is 0.497 e. The lowest BCUT2D eigenvalue weighted by molar-refractivity contribution is 0.337. The van der Waals surface area contributed by atoms with Crippen LogP contribution in [0.2, 0.25) is 0 Å². The Kier molecular flexibility index (Phi) is 3.55. The Balaban J connectivity index is 1.72. The van der Waals surface area contributed by atoms with E-state index in [1.54, 1.807) is 7.11 Å². The molecule has 3 rings (SSSR count). The zero-order chi connectivity index (χ0) is 12.4. The molecular weight excluding hydrogens is 222 g/mol. The van der Waals surface area contributed by atoms with Crippen LogP contribution in [-0.4, -0.2) is 13.2 Å². The molecule has 1 N–H and O–H groups in total. The molecule has 0 aromatic heterocycles. The van der Waals surface area contributed by atoms with E-state index in [1.807, 2.05) is 0 Å². The van der Waals surface area contributed by atoms with Gasteiger partial charge in [0.15, 0.2) is 0 Å². The van der Waals surface area contributed by atoms with E-state index in [1.165, 1.54) is 56.1 Å². The molecule has 2 heteroatoms. The van der Waals surface area contributed by atoms with E-state index in [2.05, 4.69) is 23.5 Å². The number of fused-ring (bicyclic) bond motifs is 1. The van der Waals surface area contributed by atoms with E-state index in [9.17, 15) is 0 Å². The molecule has 1 saturated carbocycles. The van der Waals surface area contributed by atoms with Gasteiger partial charge >= 0.3 is 0 Å². The van der Waals surface area contributed by atoms with Crippen molar-refractivity contribution in [2.45, 2.75) is 57.0 Å². The van der Waals surface area contributed by atoms with Gasteiger partial charge in [0.25, 0.3) is 0 Å². The summed E-state index contributed by atoms with van der Waals surface area (Å²) in [6.45, 7) is 0. The first kappa shape index (κ1) is 12.0. The maximum absolute atomic E-state index is 5.35. The van der Waals surface area contributed by atoms with Crippen molar-refractivity contribution in [2.24, 2.45) is 0 Å². The molecule has 18 heavy (non-hydrogen) atoms. The van der Waals surface area contributed by atoms with E-state index in [0.29, 0.717) is 6.04 Å². The van der Waals surface area contributed by atoms with Crippen LogP contribution in [0.15, 0.2) is 18.2 Å². The molecule has 2 aliphatic carbocycles. The zero-order valence-corrected chi connectivity index (χ0v) is 11.2. The van der Waals surface area contributed by atoms with Gasteiger partial charge in [-0.25, -0.2) is 0 Å². The molecule has 0 heterocycles. The third kappa shape index (κ3) is 2.39. The van der Waals surface area contributed by atoms with Crippen LogP contribution < -0.4 is 10.1 Å². The molecule has 1 aromatic carbocycles. The SMILES string of the molecule is COc1ccc2c(c1)C(NC1CCCCC1)CC2. The van der Waals surface area contributed by atoms with Crippen molar-refractivity contribution in [3.05, 3.63) is 29.3 Å². The molecule has 2 aliphatic rings. The fourth-order valence-corrected chi connectivity index (χ4v) is 3.43. The quantitative estimate of drug-likeness (QED) is 0.878. The van der Waals surface area contributed by atoms with Crippen molar-refractivity contribution in [1.29, 1.82) is 0 Å². The van der Waals surface area contributed by atoms with E-state index in [-0.39, 0.29) is 0 Å². The van der Waals surface area contributed by atoms with Crippen molar-refractivity contribution in [3.63, 3.8) is 0 Å². The summed E-state index contributed by atoms with van der Waals surface area (Å²) in [4.78, 5) is 0. The predicted octanol–water partition coefficient (Wildman–Crippen LogP) is 3.60. The monoisotopic (exact) mass is 245 g/mol. The van der Waals surface area contributed by atoms with Gasteiger partial charge in [-0.05, 0) is 48.9 Å². The first-order valence-electron chi connectivity index (χ1n) is 7.29. The van der Waals surface area contributed by atoms with Gasteiger partial charge in [-0.15, -0.1) is 0 Å². The van der Waals surface area contributed by atoms with Crippen LogP contribution >= 0.6 is 0 Å². The summed E-state index contributed by atoms with van der Waals surface area (Å²) >= 11 is 0. The third-order valence-corrected chi connectivity index (χ3v) is 4.47. The first-order valence-corrected chi connectivity index (χ1v) is 7.29. The molecule has 1 atom stereocenters. The Hall–Kier alpha value is -1.02. The van der Waals surface area contributed by atoms with Gasteiger partial charge in [0.2, 0.25) is 0 Å². The third-order valence-electron chi connectivity index (χ3n) is 4.47. The van der Waals surface area contributed by atoms with Gasteiger partial charge in [-0.2, -0.15) is 0 Å². The van der Waals surface area contributed by atoms with E-state index >= 15 is 0 Å². The van der Waals surface area contributed by atoms with Crippen LogP contribution in [-0.2, 0) is 6.42 Å². The Morgan fingerprint density at radius 2 is 1.94 bits per heavy atom. The summed E-state index contributed by atoms with van der Waals surface area (Å²) in [6, 6.07) is 7.83. The second kappa shape index (κ2) is 5.31. The van der Waals surface area contributed by atoms with E-state index in [0.717, 1.165) is 11.8 Å². The van der Waals surface area contributed by atoms with Crippen LogP contribution in [0.4, 0.5) is 0 Å². The normalized spacial score (nSPS) is 23.9. The average molecular weight is 245 g/mol. The van der Waals surface area contributed by atoms with Gasteiger partial charge in [0.1, 0.15) is 5.75 Å². The van der Waals surface area contributed by atoms with Crippen LogP contribution in [0.1, 0.15) is 55.7 Å². The second-order valence-electron chi connectivity index (χ2n) is 5.66. The number of methoxy groups -OCH3 is 1. The van der Waals surface area contributed by atoms with Gasteiger partial charge < -0.3 is 10.1 Å². The number of hydrogen-bond donors (Lipinski definition) is 1. The topological polar surface area (TPSA) is 21.3 Å². The number of aryl methyl sites for hydroxylation is 1. The summed E-state index contributed by atoms with van der Waals surface area (Å²) in [6.07, 6.45) is 9.40. The molecule has 1 fully saturated rings. The lowest BCUT2D eigenvalue weighted by Gasteiger charge is -2.27. The summed E-state index contributed by atoms with van der Waals surface area (Å²) in [5, 5.41) is 3.87. The van der Waals surface area contributed by atoms with E-state index in [4.69, 9.17) is 4.74 Å². The second-order valence-corrected chi connectivity index (χ2v) is 5.66. The molecule has 0 saturated heterocycles. The van der Waals surface area contributed by atoms with Gasteiger partial charge in [-0.3, -0.25) is 0 Å². The fraction of sp³-hybridized carbons (Fsp3) is 0.625. The molecule has 0 spiro atoms. The Morgan fingerprint density at radius 3 is 2.72 bits per heavy atom. The maximum atomic E-state index is 5.35. The molecule has 98 valence electrons. The van der Waals surface area contributed by atoms with Crippen LogP contribution in [0.5, 0.6) is 5.75 Å². The van der Waals surface area contributed by atoms with Crippen LogP contribution in [0.25, 0.3) is 0 Å². The van der Waals surface area contributed by atoms with Crippen LogP contribution in [0.3, 0.4) is 0 Å². The Bertz CT molecular complexity index is 410. The number of benzene rings is 1. The Labute approximate surface area is 110 Å². The standard InChI is InChI=1S/C16H23NO/c1-18-14-9-7-12-8-10-16(15(12)11-14)17-13-5-3-2-4-6-13/h7,9,11,13,16-17H,2-6,8,10H2,1H3. The lowest BCUT2D eigenvalue weighted by Crippen LogP contribution is -2.33. The molecule has 1 unspecified atom stereocenters. The average Bonchev–Trinajstić information content (AvgIpc) is 2.82. The minimum atomic E-state index is 0.554. The van der Waals surface area contributed by atoms with Gasteiger partial charge in [0, 0.05) is 12.1 Å². The highest BCUT2D eigenvalue weighted by Crippen LogP contribution is 2.35. The van der Waals surface area contributed by atoms with Crippen molar-refractivity contribution in [2.75, 3.05) is 7.11 Å². The summed E-state index contributed by atoms with van der Waals surface area (Å²) < 4.78 is 5.35. The molecule has 1 aromatic rings. The van der Waals surface area contributed by atoms with E-state index < -0.39 is 0 Å². The highest BCUT2D eigenvalue weighted by Gasteiger charge is 2.25.